The summed E-state index contributed by atoms with van der Waals surface area (Å²) in [6, 6.07) is 0. The highest BCUT2D eigenvalue weighted by Crippen LogP contribution is 2.36. The molecule has 2 atom stereocenters. The van der Waals surface area contributed by atoms with Crippen LogP contribution in [-0.4, -0.2) is 38.3 Å². The van der Waals surface area contributed by atoms with Gasteiger partial charge in [0.15, 0.2) is 0 Å². The average Bonchev–Trinajstić information content (AvgIpc) is 3.01. The summed E-state index contributed by atoms with van der Waals surface area (Å²) in [6.45, 7) is 3.63. The second-order valence-corrected chi connectivity index (χ2v) is 6.98. The molecule has 0 aromatic carbocycles. The van der Waals surface area contributed by atoms with Crippen molar-refractivity contribution in [1.29, 1.82) is 0 Å². The highest BCUT2D eigenvalue weighted by Gasteiger charge is 2.34. The number of carbonyl (C=O) groups is 1. The topological polar surface area (TPSA) is 92.5 Å². The summed E-state index contributed by atoms with van der Waals surface area (Å²) in [5.41, 5.74) is 0. The van der Waals surface area contributed by atoms with E-state index in [-0.39, 0.29) is 11.8 Å². The molecule has 1 saturated heterocycles. The van der Waals surface area contributed by atoms with Crippen LogP contribution in [0.1, 0.15) is 26.2 Å². The Hall–Kier alpha value is -0.660. The zero-order chi connectivity index (χ0) is 13.3. The van der Waals surface area contributed by atoms with Gasteiger partial charge in [0.25, 0.3) is 10.2 Å². The van der Waals surface area contributed by atoms with Crippen LogP contribution < -0.4 is 10.5 Å². The predicted molar refractivity (Wildman–Crippen MR) is 67.7 cm³/mol. The van der Waals surface area contributed by atoms with Crippen molar-refractivity contribution in [2.45, 2.75) is 26.2 Å². The quantitative estimate of drug-likeness (QED) is 0.736. The molecule has 2 fully saturated rings. The van der Waals surface area contributed by atoms with Crippen molar-refractivity contribution in [3.63, 3.8) is 0 Å². The van der Waals surface area contributed by atoms with Gasteiger partial charge in [-0.05, 0) is 31.1 Å². The average molecular weight is 275 g/mol. The molecule has 0 bridgehead atoms. The zero-order valence-corrected chi connectivity index (χ0v) is 11.4. The van der Waals surface area contributed by atoms with E-state index in [0.29, 0.717) is 31.8 Å². The molecule has 18 heavy (non-hydrogen) atoms. The van der Waals surface area contributed by atoms with Gasteiger partial charge in [0.2, 0.25) is 5.91 Å². The van der Waals surface area contributed by atoms with Crippen molar-refractivity contribution in [1.82, 2.24) is 9.62 Å². The summed E-state index contributed by atoms with van der Waals surface area (Å²) in [5, 5.41) is 8.01. The third-order valence-corrected chi connectivity index (χ3v) is 5.08. The highest BCUT2D eigenvalue weighted by atomic mass is 32.2. The number of piperidine rings is 1. The van der Waals surface area contributed by atoms with Gasteiger partial charge in [0.05, 0.1) is 0 Å². The molecular weight excluding hydrogens is 254 g/mol. The fourth-order valence-corrected chi connectivity index (χ4v) is 3.15. The second-order valence-electron chi connectivity index (χ2n) is 5.44. The Morgan fingerprint density at radius 2 is 1.94 bits per heavy atom. The minimum absolute atomic E-state index is 0.0585. The molecule has 7 heteroatoms. The van der Waals surface area contributed by atoms with E-state index in [1.807, 2.05) is 0 Å². The number of amides is 1. The Bertz CT molecular complexity index is 415. The van der Waals surface area contributed by atoms with Gasteiger partial charge in [-0.3, -0.25) is 4.79 Å². The van der Waals surface area contributed by atoms with Crippen molar-refractivity contribution in [3.05, 3.63) is 0 Å². The SMILES string of the molecule is CC1CC1CNC(=O)C1CCN(S(N)(=O)=O)CC1. The van der Waals surface area contributed by atoms with E-state index in [9.17, 15) is 13.2 Å². The van der Waals surface area contributed by atoms with E-state index in [4.69, 9.17) is 5.14 Å². The standard InChI is InChI=1S/C11H21N3O3S/c1-8-6-10(8)7-13-11(15)9-2-4-14(5-3-9)18(12,16)17/h8-10H,2-7H2,1H3,(H,13,15)(H2,12,16,17). The largest absolute Gasteiger partial charge is 0.356 e. The molecule has 1 heterocycles. The molecular formula is C11H21N3O3S. The summed E-state index contributed by atoms with van der Waals surface area (Å²) in [5.74, 6) is 1.35. The van der Waals surface area contributed by atoms with Crippen LogP contribution in [0, 0.1) is 17.8 Å². The first-order chi connectivity index (χ1) is 8.38. The number of carbonyl (C=O) groups excluding carboxylic acids is 1. The molecule has 2 aliphatic rings. The first-order valence-corrected chi connectivity index (χ1v) is 7.94. The number of nitrogens with zero attached hydrogens (tertiary/aromatic N) is 1. The maximum Gasteiger partial charge on any atom is 0.276 e. The molecule has 0 spiro atoms. The van der Waals surface area contributed by atoms with Gasteiger partial charge in [-0.1, -0.05) is 6.92 Å². The molecule has 1 aliphatic carbocycles. The molecule has 0 radical (unpaired) electrons. The molecule has 0 aromatic rings. The van der Waals surface area contributed by atoms with Crippen LogP contribution in [0.4, 0.5) is 0 Å². The highest BCUT2D eigenvalue weighted by molar-refractivity contribution is 7.86. The van der Waals surface area contributed by atoms with E-state index in [0.717, 1.165) is 12.5 Å². The Morgan fingerprint density at radius 1 is 1.39 bits per heavy atom. The van der Waals surface area contributed by atoms with Crippen molar-refractivity contribution in [3.8, 4) is 0 Å². The van der Waals surface area contributed by atoms with Crippen LogP contribution in [0.3, 0.4) is 0 Å². The Labute approximate surface area is 108 Å². The molecule has 104 valence electrons. The van der Waals surface area contributed by atoms with Gasteiger partial charge in [-0.2, -0.15) is 12.7 Å². The lowest BCUT2D eigenvalue weighted by Gasteiger charge is -2.29. The molecule has 3 N–H and O–H groups in total. The maximum atomic E-state index is 11.9. The van der Waals surface area contributed by atoms with E-state index in [2.05, 4.69) is 12.2 Å². The van der Waals surface area contributed by atoms with Gasteiger partial charge in [-0.15, -0.1) is 0 Å². The van der Waals surface area contributed by atoms with Crippen LogP contribution in [-0.2, 0) is 15.0 Å². The smallest absolute Gasteiger partial charge is 0.276 e. The lowest BCUT2D eigenvalue weighted by molar-refractivity contribution is -0.126. The van der Waals surface area contributed by atoms with Crippen molar-refractivity contribution < 1.29 is 13.2 Å². The van der Waals surface area contributed by atoms with Crippen molar-refractivity contribution >= 4 is 16.1 Å². The number of hydrogen-bond acceptors (Lipinski definition) is 3. The zero-order valence-electron chi connectivity index (χ0n) is 10.6. The van der Waals surface area contributed by atoms with Crippen LogP contribution in [0.15, 0.2) is 0 Å². The Kier molecular flexibility index (Phi) is 3.93. The van der Waals surface area contributed by atoms with E-state index in [1.165, 1.54) is 10.7 Å². The van der Waals surface area contributed by atoms with Gasteiger partial charge < -0.3 is 5.32 Å². The van der Waals surface area contributed by atoms with E-state index >= 15 is 0 Å². The fourth-order valence-electron chi connectivity index (χ4n) is 2.43. The maximum absolute atomic E-state index is 11.9. The second kappa shape index (κ2) is 5.14. The predicted octanol–water partition coefficient (Wildman–Crippen LogP) is -0.326. The third kappa shape index (κ3) is 3.43. The Balaban J connectivity index is 1.73. The van der Waals surface area contributed by atoms with Gasteiger partial charge in [-0.25, -0.2) is 5.14 Å². The monoisotopic (exact) mass is 275 g/mol. The number of rotatable bonds is 4. The molecule has 1 aliphatic heterocycles. The normalized spacial score (nSPS) is 30.1. The van der Waals surface area contributed by atoms with Crippen LogP contribution >= 0.6 is 0 Å². The summed E-state index contributed by atoms with van der Waals surface area (Å²) >= 11 is 0. The summed E-state index contributed by atoms with van der Waals surface area (Å²) in [4.78, 5) is 11.9. The number of nitrogens with two attached hydrogens (primary N) is 1. The lowest BCUT2D eigenvalue weighted by Crippen LogP contribution is -2.45. The van der Waals surface area contributed by atoms with Crippen LogP contribution in [0.5, 0.6) is 0 Å². The van der Waals surface area contributed by atoms with E-state index in [1.54, 1.807) is 0 Å². The van der Waals surface area contributed by atoms with Gasteiger partial charge in [0, 0.05) is 25.6 Å². The fraction of sp³-hybridized carbons (Fsp3) is 0.909. The van der Waals surface area contributed by atoms with Crippen molar-refractivity contribution in [2.75, 3.05) is 19.6 Å². The first kappa shape index (κ1) is 13.8. The summed E-state index contributed by atoms with van der Waals surface area (Å²) in [6.07, 6.45) is 2.31. The third-order valence-electron chi connectivity index (χ3n) is 4.00. The molecule has 1 amide bonds. The molecule has 6 nitrogen and oxygen atoms in total. The van der Waals surface area contributed by atoms with Gasteiger partial charge >= 0.3 is 0 Å². The molecule has 0 aromatic heterocycles. The minimum atomic E-state index is -3.60. The Morgan fingerprint density at radius 3 is 2.39 bits per heavy atom. The number of hydrogen-bond donors (Lipinski definition) is 2. The molecule has 1 saturated carbocycles. The summed E-state index contributed by atoms with van der Waals surface area (Å²) in [7, 11) is -3.60. The molecule has 2 unspecified atom stereocenters. The lowest BCUT2D eigenvalue weighted by atomic mass is 9.97. The minimum Gasteiger partial charge on any atom is -0.356 e. The van der Waals surface area contributed by atoms with Gasteiger partial charge in [0.1, 0.15) is 0 Å². The van der Waals surface area contributed by atoms with Crippen molar-refractivity contribution in [2.24, 2.45) is 22.9 Å². The number of nitrogens with one attached hydrogen (secondary N) is 1. The van der Waals surface area contributed by atoms with Crippen LogP contribution in [0.25, 0.3) is 0 Å². The van der Waals surface area contributed by atoms with Crippen LogP contribution in [0.2, 0.25) is 0 Å². The summed E-state index contributed by atoms with van der Waals surface area (Å²) < 4.78 is 23.5. The molecule has 2 rings (SSSR count). The van der Waals surface area contributed by atoms with E-state index < -0.39 is 10.2 Å². The first-order valence-electron chi connectivity index (χ1n) is 6.43.